The van der Waals surface area contributed by atoms with Crippen LogP contribution >= 0.6 is 0 Å². The Morgan fingerprint density at radius 2 is 1.80 bits per heavy atom. The van der Waals surface area contributed by atoms with Crippen molar-refractivity contribution in [2.45, 2.75) is 19.4 Å². The molecule has 3 amide bonds. The van der Waals surface area contributed by atoms with Crippen LogP contribution in [0.1, 0.15) is 24.1 Å². The summed E-state index contributed by atoms with van der Waals surface area (Å²) in [4.78, 5) is 45.8. The number of amides is 3. The van der Waals surface area contributed by atoms with E-state index in [1.54, 1.807) is 23.0 Å². The molecule has 0 aliphatic carbocycles. The van der Waals surface area contributed by atoms with Crippen molar-refractivity contribution in [3.8, 4) is 16.8 Å². The molecule has 2 aliphatic heterocycles. The number of aryl methyl sites for hydroxylation is 1. The number of urea groups is 1. The molecule has 40 heavy (non-hydrogen) atoms. The van der Waals surface area contributed by atoms with Gasteiger partial charge in [0.25, 0.3) is 0 Å². The molecule has 11 heteroatoms. The molecule has 2 aromatic heterocycles. The maximum Gasteiger partial charge on any atom is 0.350 e. The van der Waals surface area contributed by atoms with Gasteiger partial charge in [-0.25, -0.2) is 23.8 Å². The lowest BCUT2D eigenvalue weighted by molar-refractivity contribution is -0.131. The standard InChI is InChI=1S/C29H29N7O4/c1-3-23-24(19-7-9-21(10-8-19)36-18-31-33(2)28(36)38)11-12-30-27(23)35-14-13-34(29(35)39)22-6-4-5-20(15-22)25-16-40-17-26(37)32-25/h4-12,15,18,25H,3,13-14,16-17H2,1-2H3,(H,32,37). The second-order valence-corrected chi connectivity index (χ2v) is 9.78. The van der Waals surface area contributed by atoms with E-state index < -0.39 is 0 Å². The van der Waals surface area contributed by atoms with E-state index in [0.717, 1.165) is 33.6 Å². The number of carbonyl (C=O) groups excluding carboxylic acids is 2. The van der Waals surface area contributed by atoms with Crippen molar-refractivity contribution in [2.75, 3.05) is 36.1 Å². The second-order valence-electron chi connectivity index (χ2n) is 9.78. The predicted octanol–water partition coefficient (Wildman–Crippen LogP) is 2.83. The summed E-state index contributed by atoms with van der Waals surface area (Å²) < 4.78 is 8.17. The molecule has 2 fully saturated rings. The first kappa shape index (κ1) is 25.5. The van der Waals surface area contributed by atoms with Crippen molar-refractivity contribution in [1.82, 2.24) is 24.6 Å². The van der Waals surface area contributed by atoms with Gasteiger partial charge >= 0.3 is 11.7 Å². The minimum Gasteiger partial charge on any atom is -0.369 e. The van der Waals surface area contributed by atoms with Crippen LogP contribution in [-0.4, -0.2) is 57.6 Å². The van der Waals surface area contributed by atoms with Crippen LogP contribution in [0.2, 0.25) is 0 Å². The molecule has 1 atom stereocenters. The Labute approximate surface area is 230 Å². The van der Waals surface area contributed by atoms with Gasteiger partial charge < -0.3 is 10.1 Å². The average molecular weight is 540 g/mol. The molecule has 0 saturated carbocycles. The summed E-state index contributed by atoms with van der Waals surface area (Å²) >= 11 is 0. The highest BCUT2D eigenvalue weighted by molar-refractivity contribution is 6.06. The minimum absolute atomic E-state index is 0.0657. The summed E-state index contributed by atoms with van der Waals surface area (Å²) in [5.74, 6) is 0.493. The Hall–Kier alpha value is -4.77. The SMILES string of the molecule is CCc1c(-c2ccc(-n3cnn(C)c3=O)cc2)ccnc1N1CCN(c2cccc(C3COCC(=O)N3)c2)C1=O. The number of hydrogen-bond acceptors (Lipinski definition) is 6. The van der Waals surface area contributed by atoms with E-state index in [0.29, 0.717) is 31.9 Å². The zero-order chi connectivity index (χ0) is 27.8. The summed E-state index contributed by atoms with van der Waals surface area (Å²) in [6, 6.07) is 16.9. The highest BCUT2D eigenvalue weighted by Crippen LogP contribution is 2.34. The molecular weight excluding hydrogens is 510 g/mol. The first-order chi connectivity index (χ1) is 19.4. The fourth-order valence-electron chi connectivity index (χ4n) is 5.30. The molecule has 0 bridgehead atoms. The van der Waals surface area contributed by atoms with Gasteiger partial charge in [-0.1, -0.05) is 31.2 Å². The summed E-state index contributed by atoms with van der Waals surface area (Å²) in [5.41, 5.74) is 5.09. The Balaban J connectivity index is 1.27. The largest absolute Gasteiger partial charge is 0.369 e. The van der Waals surface area contributed by atoms with Gasteiger partial charge in [-0.15, -0.1) is 0 Å². The van der Waals surface area contributed by atoms with E-state index in [2.05, 4.69) is 22.3 Å². The van der Waals surface area contributed by atoms with E-state index in [4.69, 9.17) is 4.74 Å². The Morgan fingerprint density at radius 1 is 1.00 bits per heavy atom. The number of aromatic nitrogens is 4. The normalized spacial score (nSPS) is 17.4. The number of hydrogen-bond donors (Lipinski definition) is 1. The number of rotatable bonds is 6. The van der Waals surface area contributed by atoms with Crippen molar-refractivity contribution in [1.29, 1.82) is 0 Å². The molecule has 1 unspecified atom stereocenters. The molecule has 0 radical (unpaired) electrons. The van der Waals surface area contributed by atoms with Gasteiger partial charge in [0.15, 0.2) is 0 Å². The minimum atomic E-state index is -0.247. The van der Waals surface area contributed by atoms with Crippen LogP contribution < -0.4 is 20.8 Å². The van der Waals surface area contributed by atoms with Gasteiger partial charge in [0.05, 0.1) is 18.3 Å². The van der Waals surface area contributed by atoms with Crippen molar-refractivity contribution >= 4 is 23.4 Å². The van der Waals surface area contributed by atoms with Crippen LogP contribution in [0.25, 0.3) is 16.8 Å². The van der Waals surface area contributed by atoms with Gasteiger partial charge in [-0.05, 0) is 53.4 Å². The summed E-state index contributed by atoms with van der Waals surface area (Å²) in [6.07, 6.45) is 3.91. The number of anilines is 2. The first-order valence-electron chi connectivity index (χ1n) is 13.2. The van der Waals surface area contributed by atoms with Crippen molar-refractivity contribution in [3.63, 3.8) is 0 Å². The van der Waals surface area contributed by atoms with Gasteiger partial charge in [0, 0.05) is 37.6 Å². The van der Waals surface area contributed by atoms with E-state index in [1.807, 2.05) is 54.6 Å². The lowest BCUT2D eigenvalue weighted by Crippen LogP contribution is -2.39. The van der Waals surface area contributed by atoms with Crippen LogP contribution in [0, 0.1) is 0 Å². The topological polar surface area (TPSA) is 115 Å². The molecule has 6 rings (SSSR count). The lowest BCUT2D eigenvalue weighted by Gasteiger charge is -2.25. The summed E-state index contributed by atoms with van der Waals surface area (Å²) in [7, 11) is 1.61. The van der Waals surface area contributed by atoms with Crippen LogP contribution in [0.3, 0.4) is 0 Å². The fraction of sp³-hybridized carbons (Fsp3) is 0.276. The highest BCUT2D eigenvalue weighted by atomic mass is 16.5. The van der Waals surface area contributed by atoms with Gasteiger partial charge in [0.2, 0.25) is 5.91 Å². The van der Waals surface area contributed by atoms with E-state index >= 15 is 0 Å². The van der Waals surface area contributed by atoms with Gasteiger partial charge in [-0.2, -0.15) is 5.10 Å². The van der Waals surface area contributed by atoms with Gasteiger partial charge in [-0.3, -0.25) is 14.6 Å². The van der Waals surface area contributed by atoms with E-state index in [9.17, 15) is 14.4 Å². The maximum absolute atomic E-state index is 13.7. The Bertz CT molecular complexity index is 1640. The molecule has 4 heterocycles. The number of nitrogens with one attached hydrogen (secondary N) is 1. The lowest BCUT2D eigenvalue weighted by atomic mass is 9.98. The molecule has 2 aromatic carbocycles. The number of benzene rings is 2. The van der Waals surface area contributed by atoms with Crippen molar-refractivity contribution < 1.29 is 14.3 Å². The zero-order valence-corrected chi connectivity index (χ0v) is 22.3. The molecule has 0 spiro atoms. The predicted molar refractivity (Wildman–Crippen MR) is 150 cm³/mol. The second kappa shape index (κ2) is 10.4. The molecule has 11 nitrogen and oxygen atoms in total. The van der Waals surface area contributed by atoms with E-state index in [-0.39, 0.29) is 30.3 Å². The van der Waals surface area contributed by atoms with E-state index in [1.165, 1.54) is 15.6 Å². The van der Waals surface area contributed by atoms with Crippen molar-refractivity contribution in [3.05, 3.63) is 88.7 Å². The average Bonchev–Trinajstić information content (AvgIpc) is 3.53. The highest BCUT2D eigenvalue weighted by Gasteiger charge is 2.33. The molecule has 2 aliphatic rings. The van der Waals surface area contributed by atoms with Crippen LogP contribution in [0.15, 0.2) is 71.9 Å². The number of nitrogens with zero attached hydrogens (tertiary/aromatic N) is 6. The quantitative estimate of drug-likeness (QED) is 0.403. The zero-order valence-electron chi connectivity index (χ0n) is 22.3. The summed E-state index contributed by atoms with van der Waals surface area (Å²) in [5, 5.41) is 6.96. The van der Waals surface area contributed by atoms with Crippen LogP contribution in [0.5, 0.6) is 0 Å². The number of ether oxygens (including phenoxy) is 1. The Morgan fingerprint density at radius 3 is 2.52 bits per heavy atom. The van der Waals surface area contributed by atoms with Crippen molar-refractivity contribution in [2.24, 2.45) is 7.05 Å². The molecule has 2 saturated heterocycles. The third-order valence-corrected chi connectivity index (χ3v) is 7.37. The summed E-state index contributed by atoms with van der Waals surface area (Å²) in [6.45, 7) is 3.52. The monoisotopic (exact) mass is 539 g/mol. The number of carbonyl (C=O) groups is 2. The van der Waals surface area contributed by atoms with Gasteiger partial charge in [0.1, 0.15) is 18.8 Å². The number of pyridine rings is 1. The maximum atomic E-state index is 13.7. The smallest absolute Gasteiger partial charge is 0.350 e. The van der Waals surface area contributed by atoms with Crippen LogP contribution in [-0.2, 0) is 23.0 Å². The van der Waals surface area contributed by atoms with Crippen LogP contribution in [0.4, 0.5) is 16.3 Å². The third kappa shape index (κ3) is 4.54. The first-order valence-corrected chi connectivity index (χ1v) is 13.2. The number of morpholine rings is 1. The Kier molecular flexibility index (Phi) is 6.64. The molecule has 4 aromatic rings. The molecular formula is C29H29N7O4. The third-order valence-electron chi connectivity index (χ3n) is 7.37. The molecule has 204 valence electrons. The molecule has 1 N–H and O–H groups in total. The fourth-order valence-corrected chi connectivity index (χ4v) is 5.30.